The molecule has 2 nitrogen and oxygen atoms in total. The van der Waals surface area contributed by atoms with Gasteiger partial charge in [0.1, 0.15) is 12.4 Å². The molecule has 0 aliphatic rings. The molecule has 0 aromatic heterocycles. The summed E-state index contributed by atoms with van der Waals surface area (Å²) < 4.78 is 5.99. The van der Waals surface area contributed by atoms with E-state index in [1.165, 1.54) is 16.7 Å². The highest BCUT2D eigenvalue weighted by molar-refractivity contribution is 5.35. The maximum Gasteiger partial charge on any atom is 0.123 e. The van der Waals surface area contributed by atoms with Gasteiger partial charge in [0.25, 0.3) is 0 Å². The molecule has 0 bridgehead atoms. The molecule has 2 heteroatoms. The summed E-state index contributed by atoms with van der Waals surface area (Å²) in [6, 6.07) is 16.5. The molecule has 0 aliphatic carbocycles. The lowest BCUT2D eigenvalue weighted by atomic mass is 10.1. The van der Waals surface area contributed by atoms with Crippen molar-refractivity contribution in [2.75, 3.05) is 7.05 Å². The van der Waals surface area contributed by atoms with Crippen molar-refractivity contribution in [1.82, 2.24) is 5.32 Å². The zero-order chi connectivity index (χ0) is 14.2. The average molecular weight is 267 g/mol. The van der Waals surface area contributed by atoms with Crippen molar-refractivity contribution in [3.8, 4) is 5.75 Å². The van der Waals surface area contributed by atoms with Crippen molar-refractivity contribution < 1.29 is 4.74 Å². The van der Waals surface area contributed by atoms with Gasteiger partial charge < -0.3 is 10.1 Å². The second kappa shape index (κ2) is 7.51. The van der Waals surface area contributed by atoms with Crippen LogP contribution in [0.25, 0.3) is 0 Å². The molecule has 2 rings (SSSR count). The van der Waals surface area contributed by atoms with Crippen molar-refractivity contribution in [1.29, 1.82) is 0 Å². The molecule has 0 radical (unpaired) electrons. The number of allylic oxidation sites excluding steroid dienone is 1. The predicted molar refractivity (Wildman–Crippen MR) is 83.9 cm³/mol. The molecule has 0 fully saturated rings. The zero-order valence-corrected chi connectivity index (χ0v) is 11.9. The van der Waals surface area contributed by atoms with Crippen LogP contribution in [0.15, 0.2) is 61.2 Å². The van der Waals surface area contributed by atoms with E-state index in [0.29, 0.717) is 6.61 Å². The van der Waals surface area contributed by atoms with Crippen LogP contribution in [0.3, 0.4) is 0 Å². The number of rotatable bonds is 7. The largest absolute Gasteiger partial charge is 0.489 e. The molecule has 1 N–H and O–H groups in total. The van der Waals surface area contributed by atoms with Gasteiger partial charge in [0.2, 0.25) is 0 Å². The fourth-order valence-corrected chi connectivity index (χ4v) is 2.19. The predicted octanol–water partition coefficient (Wildman–Crippen LogP) is 3.71. The molecule has 104 valence electrons. The van der Waals surface area contributed by atoms with Gasteiger partial charge in [-0.3, -0.25) is 0 Å². The summed E-state index contributed by atoms with van der Waals surface area (Å²) in [5, 5.41) is 3.19. The molecule has 2 aromatic rings. The summed E-state index contributed by atoms with van der Waals surface area (Å²) in [7, 11) is 1.96. The summed E-state index contributed by atoms with van der Waals surface area (Å²) in [6.07, 6.45) is 2.73. The topological polar surface area (TPSA) is 21.3 Å². The number of ether oxygens (including phenoxy) is 1. The summed E-state index contributed by atoms with van der Waals surface area (Å²) >= 11 is 0. The van der Waals surface area contributed by atoms with Gasteiger partial charge in [-0.1, -0.05) is 48.5 Å². The fraction of sp³-hybridized carbons (Fsp3) is 0.222. The number of para-hydroxylation sites is 1. The maximum atomic E-state index is 5.99. The second-order valence-corrected chi connectivity index (χ2v) is 4.69. The molecule has 0 atom stereocenters. The van der Waals surface area contributed by atoms with E-state index in [4.69, 9.17) is 4.74 Å². The molecule has 0 saturated heterocycles. The van der Waals surface area contributed by atoms with E-state index in [-0.39, 0.29) is 0 Å². The van der Waals surface area contributed by atoms with Gasteiger partial charge in [-0.25, -0.2) is 0 Å². The van der Waals surface area contributed by atoms with Gasteiger partial charge in [0.05, 0.1) is 0 Å². The summed E-state index contributed by atoms with van der Waals surface area (Å²) in [4.78, 5) is 0. The van der Waals surface area contributed by atoms with Crippen LogP contribution in [-0.2, 0) is 19.6 Å². The number of benzene rings is 2. The Bertz CT molecular complexity index is 563. The normalized spacial score (nSPS) is 10.2. The Hall–Kier alpha value is -2.06. The van der Waals surface area contributed by atoms with Crippen LogP contribution in [0, 0.1) is 0 Å². The summed E-state index contributed by atoms with van der Waals surface area (Å²) in [5.41, 5.74) is 3.67. The number of hydrogen-bond donors (Lipinski definition) is 1. The van der Waals surface area contributed by atoms with E-state index in [1.807, 2.05) is 37.4 Å². The standard InChI is InChI=1S/C18H21NO/c1-3-8-15-9-6-7-12-18(15)20-14-17-11-5-4-10-16(17)13-19-2/h3-7,9-12,19H,1,8,13-14H2,2H3. The lowest BCUT2D eigenvalue weighted by Crippen LogP contribution is -2.09. The molecule has 0 heterocycles. The Kier molecular flexibility index (Phi) is 5.39. The van der Waals surface area contributed by atoms with Gasteiger partial charge in [-0.2, -0.15) is 0 Å². The van der Waals surface area contributed by atoms with E-state index in [9.17, 15) is 0 Å². The highest BCUT2D eigenvalue weighted by atomic mass is 16.5. The summed E-state index contributed by atoms with van der Waals surface area (Å²) in [5.74, 6) is 0.937. The zero-order valence-electron chi connectivity index (χ0n) is 11.9. The average Bonchev–Trinajstić information content (AvgIpc) is 2.48. The molecular formula is C18H21NO. The highest BCUT2D eigenvalue weighted by Gasteiger charge is 2.04. The van der Waals surface area contributed by atoms with Crippen LogP contribution in [0.1, 0.15) is 16.7 Å². The third kappa shape index (κ3) is 3.72. The fourth-order valence-electron chi connectivity index (χ4n) is 2.19. The lowest BCUT2D eigenvalue weighted by Gasteiger charge is -2.13. The minimum absolute atomic E-state index is 0.589. The Morgan fingerprint density at radius 2 is 1.65 bits per heavy atom. The minimum Gasteiger partial charge on any atom is -0.489 e. The lowest BCUT2D eigenvalue weighted by molar-refractivity contribution is 0.302. The first-order chi connectivity index (χ1) is 9.85. The first-order valence-electron chi connectivity index (χ1n) is 6.88. The van der Waals surface area contributed by atoms with Gasteiger partial charge in [0.15, 0.2) is 0 Å². The smallest absolute Gasteiger partial charge is 0.123 e. The Labute approximate surface area is 121 Å². The molecule has 2 aromatic carbocycles. The van der Waals surface area contributed by atoms with E-state index in [1.54, 1.807) is 0 Å². The van der Waals surface area contributed by atoms with E-state index >= 15 is 0 Å². The van der Waals surface area contributed by atoms with Crippen molar-refractivity contribution in [3.63, 3.8) is 0 Å². The SMILES string of the molecule is C=CCc1ccccc1OCc1ccccc1CNC. The van der Waals surface area contributed by atoms with Crippen LogP contribution in [0.2, 0.25) is 0 Å². The molecule has 0 unspecified atom stereocenters. The van der Waals surface area contributed by atoms with Crippen molar-refractivity contribution in [2.45, 2.75) is 19.6 Å². The monoisotopic (exact) mass is 267 g/mol. The van der Waals surface area contributed by atoms with Crippen molar-refractivity contribution >= 4 is 0 Å². The van der Waals surface area contributed by atoms with Gasteiger partial charge in [-0.05, 0) is 36.2 Å². The quantitative estimate of drug-likeness (QED) is 0.772. The molecule has 0 saturated carbocycles. The number of hydrogen-bond acceptors (Lipinski definition) is 2. The first kappa shape index (κ1) is 14.4. The van der Waals surface area contributed by atoms with Crippen LogP contribution >= 0.6 is 0 Å². The Balaban J connectivity index is 2.11. The number of nitrogens with one attached hydrogen (secondary N) is 1. The van der Waals surface area contributed by atoms with E-state index in [2.05, 4.69) is 36.2 Å². The molecular weight excluding hydrogens is 246 g/mol. The summed E-state index contributed by atoms with van der Waals surface area (Å²) in [6.45, 7) is 5.23. The van der Waals surface area contributed by atoms with Crippen LogP contribution < -0.4 is 10.1 Å². The Morgan fingerprint density at radius 1 is 1.00 bits per heavy atom. The van der Waals surface area contributed by atoms with Gasteiger partial charge >= 0.3 is 0 Å². The van der Waals surface area contributed by atoms with Crippen LogP contribution in [-0.4, -0.2) is 7.05 Å². The van der Waals surface area contributed by atoms with Gasteiger partial charge in [0, 0.05) is 6.54 Å². The third-order valence-corrected chi connectivity index (χ3v) is 3.21. The van der Waals surface area contributed by atoms with Gasteiger partial charge in [-0.15, -0.1) is 6.58 Å². The Morgan fingerprint density at radius 3 is 2.35 bits per heavy atom. The molecule has 0 aliphatic heterocycles. The van der Waals surface area contributed by atoms with Crippen LogP contribution in [0.5, 0.6) is 5.75 Å². The molecule has 0 spiro atoms. The highest BCUT2D eigenvalue weighted by Crippen LogP contribution is 2.21. The molecule has 0 amide bonds. The first-order valence-corrected chi connectivity index (χ1v) is 6.88. The van der Waals surface area contributed by atoms with Crippen LogP contribution in [0.4, 0.5) is 0 Å². The van der Waals surface area contributed by atoms with Crippen molar-refractivity contribution in [3.05, 3.63) is 77.9 Å². The second-order valence-electron chi connectivity index (χ2n) is 4.69. The third-order valence-electron chi connectivity index (χ3n) is 3.21. The maximum absolute atomic E-state index is 5.99. The van der Waals surface area contributed by atoms with E-state index < -0.39 is 0 Å². The van der Waals surface area contributed by atoms with E-state index in [0.717, 1.165) is 18.7 Å². The minimum atomic E-state index is 0.589. The van der Waals surface area contributed by atoms with Crippen molar-refractivity contribution in [2.24, 2.45) is 0 Å². The molecule has 20 heavy (non-hydrogen) atoms.